The number of hydrogen-bond donors (Lipinski definition) is 2. The molecule has 0 aliphatic carbocycles. The molecule has 1 aromatic carbocycles. The van der Waals surface area contributed by atoms with Crippen molar-refractivity contribution in [2.24, 2.45) is 5.92 Å². The number of halogens is 3. The van der Waals surface area contributed by atoms with E-state index in [0.717, 1.165) is 25.9 Å². The van der Waals surface area contributed by atoms with Crippen LogP contribution in [0.1, 0.15) is 18.7 Å². The molecular weight excluding hydrogens is 325 g/mol. The third-order valence-electron chi connectivity index (χ3n) is 3.79. The molecule has 0 unspecified atom stereocenters. The van der Waals surface area contributed by atoms with E-state index in [4.69, 9.17) is 0 Å². The van der Waals surface area contributed by atoms with E-state index in [1.165, 1.54) is 12.1 Å². The monoisotopic (exact) mass is 340 g/mol. The molecule has 0 radical (unpaired) electrons. The summed E-state index contributed by atoms with van der Waals surface area (Å²) in [5.41, 5.74) is 0.941. The minimum absolute atomic E-state index is 0.0301. The number of nitrogens with one attached hydrogen (secondary N) is 2. The maximum Gasteiger partial charge on any atom is 0.471 e. The lowest BCUT2D eigenvalue weighted by Crippen LogP contribution is -2.34. The number of nitrogens with zero attached hydrogens (tertiary/aromatic N) is 2. The van der Waals surface area contributed by atoms with Crippen LogP contribution in [0.4, 0.5) is 18.9 Å². The molecule has 2 heterocycles. The van der Waals surface area contributed by atoms with Crippen LogP contribution in [0.25, 0.3) is 11.4 Å². The number of hydrogen-bond acceptors (Lipinski definition) is 5. The van der Waals surface area contributed by atoms with E-state index in [1.807, 2.05) is 0 Å². The highest BCUT2D eigenvalue weighted by atomic mass is 19.4. The third kappa shape index (κ3) is 3.73. The summed E-state index contributed by atoms with van der Waals surface area (Å²) in [6.45, 7) is 1.63. The summed E-state index contributed by atoms with van der Waals surface area (Å²) in [5.74, 6) is -1.63. The predicted molar refractivity (Wildman–Crippen MR) is 79.0 cm³/mol. The fourth-order valence-electron chi connectivity index (χ4n) is 2.49. The zero-order valence-corrected chi connectivity index (χ0v) is 12.6. The Balaban J connectivity index is 1.67. The van der Waals surface area contributed by atoms with Crippen molar-refractivity contribution in [1.82, 2.24) is 15.5 Å². The fraction of sp³-hybridized carbons (Fsp3) is 0.400. The van der Waals surface area contributed by atoms with E-state index < -0.39 is 12.1 Å². The first-order chi connectivity index (χ1) is 11.4. The van der Waals surface area contributed by atoms with Crippen LogP contribution in [-0.2, 0) is 11.0 Å². The van der Waals surface area contributed by atoms with Gasteiger partial charge in [0.25, 0.3) is 0 Å². The van der Waals surface area contributed by atoms with Gasteiger partial charge in [-0.05, 0) is 50.2 Å². The number of alkyl halides is 3. The Bertz CT molecular complexity index is 706. The Morgan fingerprint density at radius 1 is 1.21 bits per heavy atom. The number of aromatic nitrogens is 2. The van der Waals surface area contributed by atoms with Crippen LogP contribution >= 0.6 is 0 Å². The number of carbonyl (C=O) groups excluding carboxylic acids is 1. The van der Waals surface area contributed by atoms with Crippen LogP contribution in [0.2, 0.25) is 0 Å². The third-order valence-corrected chi connectivity index (χ3v) is 3.79. The number of amides is 1. The highest BCUT2D eigenvalue weighted by molar-refractivity contribution is 5.92. The molecule has 1 aliphatic rings. The first-order valence-corrected chi connectivity index (χ1v) is 7.46. The quantitative estimate of drug-likeness (QED) is 0.898. The van der Waals surface area contributed by atoms with E-state index in [-0.39, 0.29) is 17.6 Å². The highest BCUT2D eigenvalue weighted by Crippen LogP contribution is 2.29. The molecule has 0 atom stereocenters. The van der Waals surface area contributed by atoms with Crippen molar-refractivity contribution < 1.29 is 22.5 Å². The van der Waals surface area contributed by atoms with Crippen LogP contribution in [0.5, 0.6) is 0 Å². The Kier molecular flexibility index (Phi) is 4.52. The van der Waals surface area contributed by atoms with Crippen molar-refractivity contribution in [2.75, 3.05) is 18.4 Å². The number of piperidine rings is 1. The summed E-state index contributed by atoms with van der Waals surface area (Å²) >= 11 is 0. The summed E-state index contributed by atoms with van der Waals surface area (Å²) in [7, 11) is 0. The Morgan fingerprint density at radius 2 is 1.88 bits per heavy atom. The summed E-state index contributed by atoms with van der Waals surface area (Å²) in [6, 6.07) is 6.25. The van der Waals surface area contributed by atoms with Gasteiger partial charge in [-0.2, -0.15) is 18.2 Å². The van der Waals surface area contributed by atoms with E-state index >= 15 is 0 Å². The fourth-order valence-corrected chi connectivity index (χ4v) is 2.49. The van der Waals surface area contributed by atoms with Crippen molar-refractivity contribution >= 4 is 11.6 Å². The van der Waals surface area contributed by atoms with Gasteiger partial charge in [0.2, 0.25) is 11.7 Å². The highest BCUT2D eigenvalue weighted by Gasteiger charge is 2.38. The first-order valence-electron chi connectivity index (χ1n) is 7.46. The van der Waals surface area contributed by atoms with Crippen LogP contribution in [0.3, 0.4) is 0 Å². The van der Waals surface area contributed by atoms with E-state index in [9.17, 15) is 18.0 Å². The molecule has 1 saturated heterocycles. The second-order valence-corrected chi connectivity index (χ2v) is 5.51. The maximum absolute atomic E-state index is 12.5. The van der Waals surface area contributed by atoms with E-state index in [0.29, 0.717) is 11.3 Å². The normalized spacial score (nSPS) is 16.1. The zero-order chi connectivity index (χ0) is 17.2. The smallest absolute Gasteiger partial charge is 0.329 e. The second-order valence-electron chi connectivity index (χ2n) is 5.51. The molecule has 1 amide bonds. The minimum Gasteiger partial charge on any atom is -0.329 e. The lowest BCUT2D eigenvalue weighted by Gasteiger charge is -2.21. The molecule has 0 saturated carbocycles. The largest absolute Gasteiger partial charge is 0.471 e. The van der Waals surface area contributed by atoms with Crippen molar-refractivity contribution in [3.05, 3.63) is 30.2 Å². The van der Waals surface area contributed by atoms with Crippen molar-refractivity contribution in [2.45, 2.75) is 19.0 Å². The Morgan fingerprint density at radius 3 is 2.46 bits per heavy atom. The molecule has 128 valence electrons. The summed E-state index contributed by atoms with van der Waals surface area (Å²) in [4.78, 5) is 15.5. The summed E-state index contributed by atoms with van der Waals surface area (Å²) in [6.07, 6.45) is -3.10. The standard InChI is InChI=1S/C15H15F3N4O2/c16-15(17,18)14-21-12(22-24-14)9-1-3-11(4-2-9)20-13(23)10-5-7-19-8-6-10/h1-4,10,19H,5-8H2,(H,20,23). The van der Waals surface area contributed by atoms with Gasteiger partial charge in [0.15, 0.2) is 0 Å². The second kappa shape index (κ2) is 6.60. The maximum atomic E-state index is 12.5. The summed E-state index contributed by atoms with van der Waals surface area (Å²) < 4.78 is 41.6. The van der Waals surface area contributed by atoms with Crippen molar-refractivity contribution in [3.63, 3.8) is 0 Å². The van der Waals surface area contributed by atoms with Gasteiger partial charge < -0.3 is 15.2 Å². The molecule has 1 aliphatic heterocycles. The molecule has 2 N–H and O–H groups in total. The lowest BCUT2D eigenvalue weighted by atomic mass is 9.97. The van der Waals surface area contributed by atoms with Gasteiger partial charge in [-0.1, -0.05) is 5.16 Å². The molecule has 2 aromatic rings. The van der Waals surface area contributed by atoms with Gasteiger partial charge in [0.05, 0.1) is 0 Å². The lowest BCUT2D eigenvalue weighted by molar-refractivity contribution is -0.159. The van der Waals surface area contributed by atoms with Crippen LogP contribution in [0, 0.1) is 5.92 Å². The first kappa shape index (κ1) is 16.4. The zero-order valence-electron chi connectivity index (χ0n) is 12.6. The van der Waals surface area contributed by atoms with Crippen LogP contribution in [-0.4, -0.2) is 29.1 Å². The van der Waals surface area contributed by atoms with Gasteiger partial charge in [-0.3, -0.25) is 4.79 Å². The molecule has 1 aromatic heterocycles. The average Bonchev–Trinajstić information content (AvgIpc) is 3.07. The average molecular weight is 340 g/mol. The van der Waals surface area contributed by atoms with Crippen molar-refractivity contribution in [3.8, 4) is 11.4 Å². The molecule has 6 nitrogen and oxygen atoms in total. The SMILES string of the molecule is O=C(Nc1ccc(-c2noc(C(F)(F)F)n2)cc1)C1CCNCC1. The minimum atomic E-state index is -4.67. The van der Waals surface area contributed by atoms with Crippen molar-refractivity contribution in [1.29, 1.82) is 0 Å². The topological polar surface area (TPSA) is 80.1 Å². The van der Waals surface area contributed by atoms with E-state index in [2.05, 4.69) is 25.3 Å². The number of benzene rings is 1. The molecule has 0 bridgehead atoms. The van der Waals surface area contributed by atoms with Crippen LogP contribution < -0.4 is 10.6 Å². The van der Waals surface area contributed by atoms with Gasteiger partial charge in [-0.25, -0.2) is 0 Å². The number of rotatable bonds is 3. The van der Waals surface area contributed by atoms with E-state index in [1.54, 1.807) is 12.1 Å². The molecule has 1 fully saturated rings. The molecular formula is C15H15F3N4O2. The predicted octanol–water partition coefficient (Wildman–Crippen LogP) is 2.69. The van der Waals surface area contributed by atoms with Crippen LogP contribution in [0.15, 0.2) is 28.8 Å². The number of anilines is 1. The Hall–Kier alpha value is -2.42. The molecule has 9 heteroatoms. The molecule has 0 spiro atoms. The molecule has 24 heavy (non-hydrogen) atoms. The van der Waals surface area contributed by atoms with Gasteiger partial charge >= 0.3 is 12.1 Å². The Labute approximate surface area is 135 Å². The van der Waals surface area contributed by atoms with Gasteiger partial charge in [-0.15, -0.1) is 0 Å². The van der Waals surface area contributed by atoms with Gasteiger partial charge in [0.1, 0.15) is 0 Å². The summed E-state index contributed by atoms with van der Waals surface area (Å²) in [5, 5.41) is 9.31. The number of carbonyl (C=O) groups is 1. The molecule has 3 rings (SSSR count). The van der Waals surface area contributed by atoms with Gasteiger partial charge in [0, 0.05) is 17.2 Å².